The number of aromatic nitrogens is 2. The zero-order valence-electron chi connectivity index (χ0n) is 11.9. The number of ether oxygens (including phenoxy) is 1. The van der Waals surface area contributed by atoms with Gasteiger partial charge in [0, 0.05) is 17.5 Å². The largest absolute Gasteiger partial charge is 0.493 e. The van der Waals surface area contributed by atoms with Gasteiger partial charge in [0.15, 0.2) is 5.75 Å². The highest BCUT2D eigenvalue weighted by Gasteiger charge is 2.21. The number of rotatable bonds is 5. The summed E-state index contributed by atoms with van der Waals surface area (Å²) in [5.74, 6) is 0.605. The second kappa shape index (κ2) is 6.29. The van der Waals surface area contributed by atoms with Gasteiger partial charge in [-0.3, -0.25) is 4.68 Å². The minimum atomic E-state index is -0.687. The SMILES string of the molecule is COc1cnn(C(C)C)c1C(O)Cc1cccc(Cl)c1. The van der Waals surface area contributed by atoms with Gasteiger partial charge in [0.25, 0.3) is 0 Å². The van der Waals surface area contributed by atoms with Crippen LogP contribution in [0.25, 0.3) is 0 Å². The van der Waals surface area contributed by atoms with E-state index in [1.807, 2.05) is 38.1 Å². The number of aliphatic hydroxyl groups excluding tert-OH is 1. The molecule has 1 atom stereocenters. The predicted molar refractivity (Wildman–Crippen MR) is 79.3 cm³/mol. The normalized spacial score (nSPS) is 12.7. The summed E-state index contributed by atoms with van der Waals surface area (Å²) in [6.07, 6.45) is 1.42. The molecular weight excluding hydrogens is 276 g/mol. The maximum atomic E-state index is 10.5. The molecule has 5 heteroatoms. The van der Waals surface area contributed by atoms with E-state index in [1.165, 1.54) is 0 Å². The van der Waals surface area contributed by atoms with Crippen LogP contribution in [0.5, 0.6) is 5.75 Å². The van der Waals surface area contributed by atoms with Gasteiger partial charge in [0.05, 0.1) is 13.3 Å². The van der Waals surface area contributed by atoms with Crippen LogP contribution in [0.3, 0.4) is 0 Å². The summed E-state index contributed by atoms with van der Waals surface area (Å²) in [6.45, 7) is 4.03. The van der Waals surface area contributed by atoms with Crippen LogP contribution in [0.1, 0.15) is 37.3 Å². The maximum absolute atomic E-state index is 10.5. The summed E-state index contributed by atoms with van der Waals surface area (Å²) in [4.78, 5) is 0. The molecule has 0 saturated carbocycles. The number of halogens is 1. The van der Waals surface area contributed by atoms with Crippen LogP contribution in [-0.4, -0.2) is 22.0 Å². The van der Waals surface area contributed by atoms with Crippen molar-refractivity contribution in [2.45, 2.75) is 32.4 Å². The fourth-order valence-electron chi connectivity index (χ4n) is 2.23. The van der Waals surface area contributed by atoms with Gasteiger partial charge in [-0.2, -0.15) is 5.10 Å². The number of nitrogens with zero attached hydrogens (tertiary/aromatic N) is 2. The second-order valence-corrected chi connectivity index (χ2v) is 5.42. The molecule has 1 aromatic heterocycles. The molecule has 1 aromatic carbocycles. The van der Waals surface area contributed by atoms with Gasteiger partial charge in [-0.05, 0) is 31.5 Å². The summed E-state index contributed by atoms with van der Waals surface area (Å²) < 4.78 is 7.08. The number of hydrogen-bond donors (Lipinski definition) is 1. The molecular formula is C15H19ClN2O2. The van der Waals surface area contributed by atoms with E-state index < -0.39 is 6.10 Å². The van der Waals surface area contributed by atoms with Crippen LogP contribution >= 0.6 is 11.6 Å². The highest BCUT2D eigenvalue weighted by Crippen LogP contribution is 2.30. The lowest BCUT2D eigenvalue weighted by molar-refractivity contribution is 0.160. The minimum absolute atomic E-state index is 0.155. The average Bonchev–Trinajstić information content (AvgIpc) is 2.82. The lowest BCUT2D eigenvalue weighted by Gasteiger charge is -2.17. The lowest BCUT2D eigenvalue weighted by Crippen LogP contribution is -2.13. The van der Waals surface area contributed by atoms with E-state index in [2.05, 4.69) is 5.10 Å². The van der Waals surface area contributed by atoms with E-state index in [1.54, 1.807) is 18.0 Å². The van der Waals surface area contributed by atoms with Crippen molar-refractivity contribution in [2.24, 2.45) is 0 Å². The van der Waals surface area contributed by atoms with E-state index in [4.69, 9.17) is 16.3 Å². The second-order valence-electron chi connectivity index (χ2n) is 4.99. The average molecular weight is 295 g/mol. The Balaban J connectivity index is 2.28. The number of methoxy groups -OCH3 is 1. The summed E-state index contributed by atoms with van der Waals surface area (Å²) in [7, 11) is 1.58. The molecule has 0 radical (unpaired) electrons. The molecule has 0 amide bonds. The molecule has 4 nitrogen and oxygen atoms in total. The zero-order valence-corrected chi connectivity index (χ0v) is 12.6. The van der Waals surface area contributed by atoms with Crippen LogP contribution < -0.4 is 4.74 Å². The van der Waals surface area contributed by atoms with Crippen molar-refractivity contribution in [3.8, 4) is 5.75 Å². The minimum Gasteiger partial charge on any atom is -0.493 e. The Kier molecular flexibility index (Phi) is 4.68. The van der Waals surface area contributed by atoms with Gasteiger partial charge >= 0.3 is 0 Å². The highest BCUT2D eigenvalue weighted by molar-refractivity contribution is 6.30. The standard InChI is InChI=1S/C15H19ClN2O2/c1-10(2)18-15(14(20-3)9-17-18)13(19)8-11-5-4-6-12(16)7-11/h4-7,9-10,13,19H,8H2,1-3H3. The van der Waals surface area contributed by atoms with Crippen molar-refractivity contribution in [3.63, 3.8) is 0 Å². The van der Waals surface area contributed by atoms with Crippen molar-refractivity contribution in [1.29, 1.82) is 0 Å². The quantitative estimate of drug-likeness (QED) is 0.919. The summed E-state index contributed by atoms with van der Waals surface area (Å²) in [5, 5.41) is 15.4. The van der Waals surface area contributed by atoms with E-state index in [-0.39, 0.29) is 6.04 Å². The summed E-state index contributed by atoms with van der Waals surface area (Å²) in [6, 6.07) is 7.64. The smallest absolute Gasteiger partial charge is 0.162 e. The van der Waals surface area contributed by atoms with Crippen molar-refractivity contribution in [3.05, 3.63) is 46.7 Å². The molecule has 0 aliphatic carbocycles. The van der Waals surface area contributed by atoms with Gasteiger partial charge in [-0.1, -0.05) is 23.7 Å². The first-order valence-electron chi connectivity index (χ1n) is 6.56. The molecule has 108 valence electrons. The Morgan fingerprint density at radius 3 is 2.75 bits per heavy atom. The van der Waals surface area contributed by atoms with Gasteiger partial charge < -0.3 is 9.84 Å². The zero-order chi connectivity index (χ0) is 14.7. The molecule has 1 heterocycles. The van der Waals surface area contributed by atoms with Crippen molar-refractivity contribution >= 4 is 11.6 Å². The third-order valence-electron chi connectivity index (χ3n) is 3.14. The van der Waals surface area contributed by atoms with Gasteiger partial charge in [-0.15, -0.1) is 0 Å². The lowest BCUT2D eigenvalue weighted by atomic mass is 10.0. The van der Waals surface area contributed by atoms with Gasteiger partial charge in [-0.25, -0.2) is 0 Å². The molecule has 1 N–H and O–H groups in total. The molecule has 0 aliphatic rings. The first kappa shape index (κ1) is 14.9. The number of benzene rings is 1. The topological polar surface area (TPSA) is 47.3 Å². The molecule has 0 saturated heterocycles. The fourth-order valence-corrected chi connectivity index (χ4v) is 2.44. The fraction of sp³-hybridized carbons (Fsp3) is 0.400. The van der Waals surface area contributed by atoms with Crippen molar-refractivity contribution in [2.75, 3.05) is 7.11 Å². The Bertz CT molecular complexity index is 581. The Morgan fingerprint density at radius 2 is 2.15 bits per heavy atom. The highest BCUT2D eigenvalue weighted by atomic mass is 35.5. The molecule has 0 fully saturated rings. The molecule has 2 aromatic rings. The molecule has 0 spiro atoms. The summed E-state index contributed by atoms with van der Waals surface area (Å²) in [5.41, 5.74) is 1.67. The van der Waals surface area contributed by atoms with Crippen LogP contribution in [0.4, 0.5) is 0 Å². The van der Waals surface area contributed by atoms with Crippen LogP contribution in [0, 0.1) is 0 Å². The summed E-state index contributed by atoms with van der Waals surface area (Å²) >= 11 is 5.97. The third-order valence-corrected chi connectivity index (χ3v) is 3.38. The van der Waals surface area contributed by atoms with Crippen LogP contribution in [0.15, 0.2) is 30.5 Å². The number of aliphatic hydroxyl groups is 1. The monoisotopic (exact) mass is 294 g/mol. The molecule has 0 aliphatic heterocycles. The maximum Gasteiger partial charge on any atom is 0.162 e. The molecule has 20 heavy (non-hydrogen) atoms. The first-order valence-corrected chi connectivity index (χ1v) is 6.94. The Hall–Kier alpha value is -1.52. The van der Waals surface area contributed by atoms with Crippen LogP contribution in [-0.2, 0) is 6.42 Å². The van der Waals surface area contributed by atoms with E-state index >= 15 is 0 Å². The van der Waals surface area contributed by atoms with Crippen molar-refractivity contribution in [1.82, 2.24) is 9.78 Å². The van der Waals surface area contributed by atoms with Gasteiger partial charge in [0.2, 0.25) is 0 Å². The van der Waals surface area contributed by atoms with E-state index in [0.717, 1.165) is 5.56 Å². The third kappa shape index (κ3) is 3.14. The molecule has 0 bridgehead atoms. The van der Waals surface area contributed by atoms with Crippen LogP contribution in [0.2, 0.25) is 5.02 Å². The van der Waals surface area contributed by atoms with Crippen molar-refractivity contribution < 1.29 is 9.84 Å². The van der Waals surface area contributed by atoms with E-state index in [9.17, 15) is 5.11 Å². The number of hydrogen-bond acceptors (Lipinski definition) is 3. The Labute approximate surface area is 123 Å². The molecule has 1 unspecified atom stereocenters. The Morgan fingerprint density at radius 1 is 1.40 bits per heavy atom. The predicted octanol–water partition coefficient (Wildman–Crippen LogP) is 3.40. The van der Waals surface area contributed by atoms with E-state index in [0.29, 0.717) is 22.9 Å². The molecule has 2 rings (SSSR count). The van der Waals surface area contributed by atoms with Gasteiger partial charge in [0.1, 0.15) is 11.8 Å². The first-order chi connectivity index (χ1) is 9.52.